The van der Waals surface area contributed by atoms with Crippen molar-refractivity contribution < 1.29 is 9.32 Å². The Morgan fingerprint density at radius 2 is 1.98 bits per heavy atom. The first-order valence-electron chi connectivity index (χ1n) is 13.8. The van der Waals surface area contributed by atoms with Crippen LogP contribution in [0.2, 0.25) is 0 Å². The maximum absolute atomic E-state index is 12.8. The molecule has 5 aromatic rings. The summed E-state index contributed by atoms with van der Waals surface area (Å²) in [5, 5.41) is 16.8. The summed E-state index contributed by atoms with van der Waals surface area (Å²) >= 11 is 0. The fourth-order valence-corrected chi connectivity index (χ4v) is 5.28. The Balaban J connectivity index is 1.32. The molecule has 0 saturated carbocycles. The maximum atomic E-state index is 12.8. The smallest absolute Gasteiger partial charge is 0.256 e. The summed E-state index contributed by atoms with van der Waals surface area (Å²) in [5.41, 5.74) is 6.22. The number of nitrogens with one attached hydrogen (secondary N) is 1. The van der Waals surface area contributed by atoms with Gasteiger partial charge in [-0.05, 0) is 43.7 Å². The lowest BCUT2D eigenvalue weighted by Gasteiger charge is -2.36. The molecule has 6 rings (SSSR count). The largest absolute Gasteiger partial charge is 0.364 e. The monoisotopic (exact) mass is 564 g/mol. The van der Waals surface area contributed by atoms with Gasteiger partial charge in [-0.3, -0.25) is 19.4 Å². The molecular formula is C30H32N10O2. The van der Waals surface area contributed by atoms with Gasteiger partial charge in [-0.2, -0.15) is 10.2 Å². The molecule has 1 fully saturated rings. The highest BCUT2D eigenvalue weighted by molar-refractivity contribution is 6.03. The van der Waals surface area contributed by atoms with Crippen LogP contribution >= 0.6 is 0 Å². The van der Waals surface area contributed by atoms with E-state index in [-0.39, 0.29) is 5.91 Å². The molecule has 1 amide bonds. The number of rotatable bonds is 8. The van der Waals surface area contributed by atoms with Crippen molar-refractivity contribution >= 4 is 28.8 Å². The summed E-state index contributed by atoms with van der Waals surface area (Å²) in [6, 6.07) is 9.16. The number of imidazole rings is 1. The Kier molecular flexibility index (Phi) is 7.36. The van der Waals surface area contributed by atoms with Crippen LogP contribution in [0.4, 0.5) is 11.6 Å². The topological polar surface area (TPSA) is 123 Å². The van der Waals surface area contributed by atoms with Crippen LogP contribution in [0, 0.1) is 6.92 Å². The van der Waals surface area contributed by atoms with Gasteiger partial charge < -0.3 is 14.7 Å². The summed E-state index contributed by atoms with van der Waals surface area (Å²) in [7, 11) is 1.96. The van der Waals surface area contributed by atoms with Crippen molar-refractivity contribution in [2.45, 2.75) is 20.4 Å². The molecule has 0 radical (unpaired) electrons. The van der Waals surface area contributed by atoms with Crippen LogP contribution in [-0.2, 0) is 13.6 Å². The number of hydrogen-bond donors (Lipinski definition) is 1. The number of allylic oxidation sites excluding steroid dienone is 3. The molecule has 12 nitrogen and oxygen atoms in total. The van der Waals surface area contributed by atoms with Crippen molar-refractivity contribution in [2.24, 2.45) is 7.05 Å². The Morgan fingerprint density at radius 3 is 2.69 bits per heavy atom. The third-order valence-electron chi connectivity index (χ3n) is 7.35. The van der Waals surface area contributed by atoms with Gasteiger partial charge in [0.1, 0.15) is 17.8 Å². The van der Waals surface area contributed by atoms with Crippen LogP contribution in [0.1, 0.15) is 34.4 Å². The molecular weight excluding hydrogens is 532 g/mol. The lowest BCUT2D eigenvalue weighted by Crippen LogP contribution is -2.46. The molecule has 12 heteroatoms. The van der Waals surface area contributed by atoms with Crippen molar-refractivity contribution in [3.8, 4) is 11.3 Å². The van der Waals surface area contributed by atoms with Crippen molar-refractivity contribution in [2.75, 3.05) is 36.4 Å². The zero-order chi connectivity index (χ0) is 29.2. The zero-order valence-corrected chi connectivity index (χ0v) is 23.9. The maximum Gasteiger partial charge on any atom is 0.256 e. The Hall–Kier alpha value is -5.10. The standard InChI is InChI=1S/C30H32N10O2/c1-5-21(6-2)28-27(30(37(4)35-28)39-14-12-38(13-15-39)18-23-10-16-42-36-23)24-7-8-26-32-25(19-40(26)34-24)33-29(41)22-9-11-31-20(3)17-22/h5-11,16-17,19H,1,12-15,18H2,2-4H3,(H,33,41)/b21-6+. The normalized spacial score (nSPS) is 14.5. The zero-order valence-electron chi connectivity index (χ0n) is 23.9. The Morgan fingerprint density at radius 1 is 1.14 bits per heavy atom. The fraction of sp³-hybridized carbons (Fsp3) is 0.267. The second-order valence-corrected chi connectivity index (χ2v) is 10.2. The van der Waals surface area contributed by atoms with Gasteiger partial charge in [-0.1, -0.05) is 23.9 Å². The number of piperazine rings is 1. The molecule has 0 aliphatic carbocycles. The van der Waals surface area contributed by atoms with Gasteiger partial charge in [0.2, 0.25) is 0 Å². The van der Waals surface area contributed by atoms with E-state index in [1.807, 2.05) is 55.9 Å². The number of amides is 1. The van der Waals surface area contributed by atoms with E-state index >= 15 is 0 Å². The molecule has 0 aromatic carbocycles. The summed E-state index contributed by atoms with van der Waals surface area (Å²) in [6.07, 6.45) is 8.76. The van der Waals surface area contributed by atoms with Crippen LogP contribution in [0.15, 0.2) is 72.2 Å². The molecule has 0 unspecified atom stereocenters. The van der Waals surface area contributed by atoms with Gasteiger partial charge in [0, 0.05) is 63.3 Å². The van der Waals surface area contributed by atoms with E-state index in [9.17, 15) is 4.79 Å². The summed E-state index contributed by atoms with van der Waals surface area (Å²) in [6.45, 7) is 12.0. The van der Waals surface area contributed by atoms with E-state index in [4.69, 9.17) is 14.7 Å². The van der Waals surface area contributed by atoms with Gasteiger partial charge >= 0.3 is 0 Å². The van der Waals surface area contributed by atoms with Crippen molar-refractivity contribution in [1.29, 1.82) is 0 Å². The number of aromatic nitrogens is 7. The summed E-state index contributed by atoms with van der Waals surface area (Å²) in [5.74, 6) is 1.14. The van der Waals surface area contributed by atoms with Gasteiger partial charge in [0.15, 0.2) is 11.5 Å². The second-order valence-electron chi connectivity index (χ2n) is 10.2. The molecule has 0 atom stereocenters. The first-order valence-corrected chi connectivity index (χ1v) is 13.8. The van der Waals surface area contributed by atoms with Crippen LogP contribution in [0.3, 0.4) is 0 Å². The highest BCUT2D eigenvalue weighted by Gasteiger charge is 2.28. The number of aryl methyl sites for hydroxylation is 2. The molecule has 1 aliphatic heterocycles. The second kappa shape index (κ2) is 11.4. The first-order chi connectivity index (χ1) is 20.4. The van der Waals surface area contributed by atoms with Gasteiger partial charge in [-0.15, -0.1) is 0 Å². The van der Waals surface area contributed by atoms with Crippen LogP contribution in [0.25, 0.3) is 22.5 Å². The van der Waals surface area contributed by atoms with E-state index < -0.39 is 0 Å². The van der Waals surface area contributed by atoms with Crippen LogP contribution in [0.5, 0.6) is 0 Å². The van der Waals surface area contributed by atoms with Crippen molar-refractivity contribution in [3.63, 3.8) is 0 Å². The summed E-state index contributed by atoms with van der Waals surface area (Å²) in [4.78, 5) is 26.2. The average molecular weight is 565 g/mol. The first kappa shape index (κ1) is 27.1. The van der Waals surface area contributed by atoms with E-state index in [0.717, 1.165) is 72.5 Å². The lowest BCUT2D eigenvalue weighted by atomic mass is 10.0. The lowest BCUT2D eigenvalue weighted by molar-refractivity contribution is 0.102. The average Bonchev–Trinajstić information content (AvgIpc) is 3.73. The van der Waals surface area contributed by atoms with Crippen LogP contribution < -0.4 is 10.2 Å². The highest BCUT2D eigenvalue weighted by Crippen LogP contribution is 2.37. The molecule has 214 valence electrons. The minimum absolute atomic E-state index is 0.257. The predicted octanol–water partition coefficient (Wildman–Crippen LogP) is 3.99. The van der Waals surface area contributed by atoms with E-state index in [0.29, 0.717) is 17.0 Å². The molecule has 1 aliphatic rings. The fourth-order valence-electron chi connectivity index (χ4n) is 5.28. The van der Waals surface area contributed by atoms with Gasteiger partial charge in [0.25, 0.3) is 5.91 Å². The molecule has 1 N–H and O–H groups in total. The third-order valence-corrected chi connectivity index (χ3v) is 7.35. The molecule has 0 spiro atoms. The number of fused-ring (bicyclic) bond motifs is 1. The van der Waals surface area contributed by atoms with Crippen LogP contribution in [-0.4, -0.2) is 71.5 Å². The van der Waals surface area contributed by atoms with Crippen molar-refractivity contribution in [1.82, 2.24) is 39.4 Å². The summed E-state index contributed by atoms with van der Waals surface area (Å²) < 4.78 is 8.61. The minimum Gasteiger partial charge on any atom is -0.364 e. The predicted molar refractivity (Wildman–Crippen MR) is 160 cm³/mol. The van der Waals surface area contributed by atoms with Crippen molar-refractivity contribution in [3.05, 3.63) is 90.4 Å². The minimum atomic E-state index is -0.257. The number of hydrogen-bond acceptors (Lipinski definition) is 9. The molecule has 0 bridgehead atoms. The molecule has 5 aromatic heterocycles. The number of carbonyl (C=O) groups is 1. The van der Waals surface area contributed by atoms with E-state index in [1.54, 1.807) is 35.3 Å². The number of pyridine rings is 1. The SMILES string of the molecule is C=C/C(=C\C)c1nn(C)c(N2CCN(Cc3ccon3)CC2)c1-c1ccc2nc(NC(=O)c3ccnc(C)c3)cn2n1. The molecule has 6 heterocycles. The van der Waals surface area contributed by atoms with Gasteiger partial charge in [0.05, 0.1) is 23.1 Å². The Labute approximate surface area is 243 Å². The molecule has 1 saturated heterocycles. The van der Waals surface area contributed by atoms with E-state index in [1.165, 1.54) is 0 Å². The molecule has 42 heavy (non-hydrogen) atoms. The third kappa shape index (κ3) is 5.31. The number of anilines is 2. The highest BCUT2D eigenvalue weighted by atomic mass is 16.5. The van der Waals surface area contributed by atoms with Gasteiger partial charge in [-0.25, -0.2) is 9.50 Å². The van der Waals surface area contributed by atoms with E-state index in [2.05, 4.69) is 36.8 Å². The number of carbonyl (C=O) groups excluding carboxylic acids is 1. The Bertz CT molecular complexity index is 1770. The quantitative estimate of drug-likeness (QED) is 0.279. The number of nitrogens with zero attached hydrogens (tertiary/aromatic N) is 9.